The second-order valence-electron chi connectivity index (χ2n) is 2.25. The molecule has 8 heteroatoms. The van der Waals surface area contributed by atoms with E-state index in [1.807, 2.05) is 0 Å². The monoisotopic (exact) mass is 232 g/mol. The molecule has 0 fully saturated rings. The van der Waals surface area contributed by atoms with Gasteiger partial charge in [0.15, 0.2) is 12.3 Å². The zero-order valence-corrected chi connectivity index (χ0v) is 7.78. The van der Waals surface area contributed by atoms with Crippen LogP contribution in [0.15, 0.2) is 0 Å². The second kappa shape index (κ2) is 4.61. The van der Waals surface area contributed by atoms with Gasteiger partial charge in [-0.25, -0.2) is 0 Å². The van der Waals surface area contributed by atoms with Crippen molar-refractivity contribution in [2.45, 2.75) is 12.8 Å². The lowest BCUT2D eigenvalue weighted by atomic mass is 10.4. The lowest BCUT2D eigenvalue weighted by Crippen LogP contribution is -1.88. The van der Waals surface area contributed by atoms with Crippen LogP contribution in [0.2, 0.25) is 0 Å². The summed E-state index contributed by atoms with van der Waals surface area (Å²) in [5.41, 5.74) is 0. The van der Waals surface area contributed by atoms with Crippen molar-refractivity contribution in [1.29, 1.82) is 0 Å². The Labute approximate surface area is 67.7 Å². The van der Waals surface area contributed by atoms with Crippen molar-refractivity contribution in [3.8, 4) is 0 Å². The van der Waals surface area contributed by atoms with E-state index in [0.29, 0.717) is 0 Å². The molecule has 0 saturated carbocycles. The van der Waals surface area contributed by atoms with Gasteiger partial charge in [0.05, 0.1) is 0 Å². The highest BCUT2D eigenvalue weighted by atomic mass is 31.3. The Morgan fingerprint density at radius 1 is 0.583 bits per heavy atom. The molecule has 0 saturated heterocycles. The molecular weight excluding hydrogens is 224 g/mol. The molecule has 0 bridgehead atoms. The fourth-order valence-electron chi connectivity index (χ4n) is 0.582. The highest BCUT2D eigenvalue weighted by molar-refractivity contribution is 7.60. The van der Waals surface area contributed by atoms with Crippen LogP contribution in [0.3, 0.4) is 0 Å². The minimum absolute atomic E-state index is 0.378. The van der Waals surface area contributed by atoms with Crippen LogP contribution in [0, 0.1) is 0 Å². The first-order valence-corrected chi connectivity index (χ1v) is 6.44. The summed E-state index contributed by atoms with van der Waals surface area (Å²) in [5, 5.41) is 0. The minimum atomic E-state index is -5.35. The molecule has 0 aromatic carbocycles. The summed E-state index contributed by atoms with van der Waals surface area (Å²) in [5.74, 6) is 0. The van der Waals surface area contributed by atoms with E-state index in [-0.39, 0.29) is 12.8 Å². The van der Waals surface area contributed by atoms with Crippen molar-refractivity contribution in [2.24, 2.45) is 0 Å². The van der Waals surface area contributed by atoms with Gasteiger partial charge in [0.2, 0.25) is 0 Å². The van der Waals surface area contributed by atoms with Gasteiger partial charge < -0.3 is 0 Å². The Balaban J connectivity index is 3.35. The van der Waals surface area contributed by atoms with Gasteiger partial charge >= 0.3 is 16.4 Å². The predicted octanol–water partition coefficient (Wildman–Crippen LogP) is 5.11. The average molecular weight is 232 g/mol. The maximum absolute atomic E-state index is 11.5. The summed E-state index contributed by atoms with van der Waals surface area (Å²) in [6.45, 7) is 0. The molecule has 0 nitrogen and oxygen atoms in total. The van der Waals surface area contributed by atoms with Gasteiger partial charge in [-0.3, -0.25) is 0 Å². The third-order valence-electron chi connectivity index (χ3n) is 1.07. The molecule has 0 amide bonds. The Kier molecular flexibility index (Phi) is 4.78. The second-order valence-corrected chi connectivity index (χ2v) is 5.35. The molecule has 0 aliphatic heterocycles. The molecule has 0 atom stereocenters. The molecule has 0 unspecified atom stereocenters. The molecule has 0 rings (SSSR count). The SMILES string of the molecule is F[P+](F)(F)CCCC[P+](F)(F)F. The molecule has 0 spiro atoms. The van der Waals surface area contributed by atoms with Gasteiger partial charge in [-0.1, -0.05) is 0 Å². The normalized spacial score (nSPS) is 13.5. The highest BCUT2D eigenvalue weighted by Crippen LogP contribution is 2.66. The molecule has 12 heavy (non-hydrogen) atoms. The van der Waals surface area contributed by atoms with E-state index in [1.165, 1.54) is 0 Å². The standard InChI is InChI=1S/C4H8F6P2/c5-11(6,7)3-1-2-4-12(8,9)10/h1-4H2/q+2. The van der Waals surface area contributed by atoms with Crippen LogP contribution in [-0.2, 0) is 0 Å². The van der Waals surface area contributed by atoms with Crippen LogP contribution in [0.25, 0.3) is 0 Å². The Hall–Kier alpha value is 0.440. The average Bonchev–Trinajstić information content (AvgIpc) is 1.76. The van der Waals surface area contributed by atoms with Gasteiger partial charge in [-0.2, -0.15) is 0 Å². The van der Waals surface area contributed by atoms with E-state index in [1.54, 1.807) is 0 Å². The summed E-state index contributed by atoms with van der Waals surface area (Å²) in [4.78, 5) is 0. The van der Waals surface area contributed by atoms with E-state index >= 15 is 0 Å². The largest absolute Gasteiger partial charge is 0.569 e. The van der Waals surface area contributed by atoms with E-state index in [9.17, 15) is 25.2 Å². The minimum Gasteiger partial charge on any atom is -0.00650 e. The van der Waals surface area contributed by atoms with Crippen molar-refractivity contribution in [3.05, 3.63) is 0 Å². The number of unbranched alkanes of at least 4 members (excludes halogenated alkanes) is 1. The Morgan fingerprint density at radius 3 is 1.00 bits per heavy atom. The van der Waals surface area contributed by atoms with Gasteiger partial charge in [-0.05, 0) is 12.8 Å². The lowest BCUT2D eigenvalue weighted by molar-refractivity contribution is 0.560. The van der Waals surface area contributed by atoms with Crippen molar-refractivity contribution in [1.82, 2.24) is 0 Å². The molecule has 0 aromatic rings. The zero-order valence-electron chi connectivity index (χ0n) is 5.99. The van der Waals surface area contributed by atoms with Crippen molar-refractivity contribution in [3.63, 3.8) is 0 Å². The maximum atomic E-state index is 11.5. The Morgan fingerprint density at radius 2 is 0.833 bits per heavy atom. The maximum Gasteiger partial charge on any atom is 0.569 e. The number of hydrogen-bond donors (Lipinski definition) is 0. The lowest BCUT2D eigenvalue weighted by Gasteiger charge is -1.94. The highest BCUT2D eigenvalue weighted by Gasteiger charge is 2.45. The zero-order chi connectivity index (χ0) is 9.83. The van der Waals surface area contributed by atoms with Crippen LogP contribution in [-0.4, -0.2) is 12.3 Å². The summed E-state index contributed by atoms with van der Waals surface area (Å²) in [6.07, 6.45) is -2.77. The first-order chi connectivity index (χ1) is 5.21. The number of rotatable bonds is 5. The van der Waals surface area contributed by atoms with Crippen LogP contribution >= 0.6 is 16.4 Å². The molecule has 0 aromatic heterocycles. The van der Waals surface area contributed by atoms with Gasteiger partial charge in [0, 0.05) is 25.2 Å². The summed E-state index contributed by atoms with van der Waals surface area (Å²) in [7, 11) is -10.7. The first kappa shape index (κ1) is 12.4. The molecule has 74 valence electrons. The molecule has 0 aliphatic rings. The number of halogens is 6. The first-order valence-electron chi connectivity index (χ1n) is 3.15. The van der Waals surface area contributed by atoms with E-state index in [0.717, 1.165) is 0 Å². The van der Waals surface area contributed by atoms with E-state index < -0.39 is 28.7 Å². The predicted molar refractivity (Wildman–Crippen MR) is 39.5 cm³/mol. The van der Waals surface area contributed by atoms with Crippen molar-refractivity contribution >= 4 is 16.4 Å². The molecule has 0 aliphatic carbocycles. The van der Waals surface area contributed by atoms with Crippen LogP contribution in [0.4, 0.5) is 25.2 Å². The van der Waals surface area contributed by atoms with Crippen LogP contribution < -0.4 is 0 Å². The third-order valence-corrected chi connectivity index (χ3v) is 2.72. The third kappa shape index (κ3) is 10.4. The van der Waals surface area contributed by atoms with Crippen molar-refractivity contribution in [2.75, 3.05) is 12.3 Å². The van der Waals surface area contributed by atoms with Crippen LogP contribution in [0.5, 0.6) is 0 Å². The topological polar surface area (TPSA) is 0 Å². The Bertz CT molecular complexity index is 110. The van der Waals surface area contributed by atoms with Crippen molar-refractivity contribution < 1.29 is 25.2 Å². The van der Waals surface area contributed by atoms with Crippen LogP contribution in [0.1, 0.15) is 12.8 Å². The fourth-order valence-corrected chi connectivity index (χ4v) is 1.75. The molecule has 0 N–H and O–H groups in total. The smallest absolute Gasteiger partial charge is 0.00650 e. The fraction of sp³-hybridized carbons (Fsp3) is 1.00. The number of hydrogen-bond acceptors (Lipinski definition) is 0. The van der Waals surface area contributed by atoms with Gasteiger partial charge in [0.1, 0.15) is 0 Å². The van der Waals surface area contributed by atoms with E-state index in [2.05, 4.69) is 0 Å². The molecule has 0 heterocycles. The summed E-state index contributed by atoms with van der Waals surface area (Å²) < 4.78 is 69.1. The van der Waals surface area contributed by atoms with Gasteiger partial charge in [0.25, 0.3) is 0 Å². The summed E-state index contributed by atoms with van der Waals surface area (Å²) >= 11 is 0. The molecule has 0 radical (unpaired) electrons. The quantitative estimate of drug-likeness (QED) is 0.351. The van der Waals surface area contributed by atoms with E-state index in [4.69, 9.17) is 0 Å². The molecular formula is C4H8F6P2+2. The van der Waals surface area contributed by atoms with Gasteiger partial charge in [-0.15, -0.1) is 0 Å². The summed E-state index contributed by atoms with van der Waals surface area (Å²) in [6, 6.07) is 0.